The van der Waals surface area contributed by atoms with E-state index in [2.05, 4.69) is 5.32 Å². The Kier molecular flexibility index (Phi) is 5.04. The van der Waals surface area contributed by atoms with E-state index in [0.29, 0.717) is 23.4 Å². The van der Waals surface area contributed by atoms with Gasteiger partial charge in [-0.1, -0.05) is 18.0 Å². The summed E-state index contributed by atoms with van der Waals surface area (Å²) in [5, 5.41) is 3.12. The number of hydrogen-bond donors (Lipinski definition) is 1. The third kappa shape index (κ3) is 3.51. The van der Waals surface area contributed by atoms with Crippen LogP contribution >= 0.6 is 11.6 Å². The predicted molar refractivity (Wildman–Crippen MR) is 79.4 cm³/mol. The van der Waals surface area contributed by atoms with Crippen molar-refractivity contribution in [3.63, 3.8) is 0 Å². The number of hydrogen-bond acceptors (Lipinski definition) is 3. The molecule has 1 aromatic rings. The van der Waals surface area contributed by atoms with E-state index >= 15 is 0 Å². The van der Waals surface area contributed by atoms with Crippen LogP contribution < -0.4 is 5.32 Å². The molecule has 2 atom stereocenters. The Morgan fingerprint density at radius 1 is 1.45 bits per heavy atom. The van der Waals surface area contributed by atoms with E-state index in [1.807, 2.05) is 0 Å². The zero-order chi connectivity index (χ0) is 14.8. The Bertz CT molecular complexity index is 577. The van der Waals surface area contributed by atoms with Crippen LogP contribution in [0.25, 0.3) is 0 Å². The van der Waals surface area contributed by atoms with Gasteiger partial charge in [0, 0.05) is 11.1 Å². The van der Waals surface area contributed by atoms with Crippen molar-refractivity contribution in [3.8, 4) is 0 Å². The SMILES string of the molecule is CNC(Cc1cc(F)ccc1Cl)C1CCCCS1(=O)=O. The van der Waals surface area contributed by atoms with Crippen LogP contribution in [-0.4, -0.2) is 32.5 Å². The Labute approximate surface area is 124 Å². The van der Waals surface area contributed by atoms with Crippen molar-refractivity contribution in [2.45, 2.75) is 37.0 Å². The lowest BCUT2D eigenvalue weighted by Gasteiger charge is -2.30. The van der Waals surface area contributed by atoms with Gasteiger partial charge in [0.15, 0.2) is 9.84 Å². The molecular formula is C14H19ClFNO2S. The molecule has 0 saturated carbocycles. The third-order valence-corrected chi connectivity index (χ3v) is 6.61. The summed E-state index contributed by atoms with van der Waals surface area (Å²) in [5.74, 6) is -0.113. The average Bonchev–Trinajstić information content (AvgIpc) is 2.40. The fraction of sp³-hybridized carbons (Fsp3) is 0.571. The molecule has 112 valence electrons. The van der Waals surface area contributed by atoms with Gasteiger partial charge in [-0.3, -0.25) is 0 Å². The van der Waals surface area contributed by atoms with Crippen molar-refractivity contribution in [1.29, 1.82) is 0 Å². The zero-order valence-corrected chi connectivity index (χ0v) is 13.0. The highest BCUT2D eigenvalue weighted by Gasteiger charge is 2.35. The lowest BCUT2D eigenvalue weighted by molar-refractivity contribution is 0.455. The molecular weight excluding hydrogens is 301 g/mol. The molecule has 1 fully saturated rings. The van der Waals surface area contributed by atoms with Crippen LogP contribution in [0.3, 0.4) is 0 Å². The van der Waals surface area contributed by atoms with Gasteiger partial charge >= 0.3 is 0 Å². The topological polar surface area (TPSA) is 46.2 Å². The molecule has 0 spiro atoms. The molecule has 2 unspecified atom stereocenters. The van der Waals surface area contributed by atoms with Gasteiger partial charge in [0.2, 0.25) is 0 Å². The molecule has 0 aliphatic carbocycles. The van der Waals surface area contributed by atoms with Gasteiger partial charge in [0.1, 0.15) is 5.82 Å². The molecule has 3 nitrogen and oxygen atoms in total. The highest BCUT2D eigenvalue weighted by atomic mass is 35.5. The molecule has 1 N–H and O–H groups in total. The number of rotatable bonds is 4. The van der Waals surface area contributed by atoms with Gasteiger partial charge < -0.3 is 5.32 Å². The van der Waals surface area contributed by atoms with E-state index in [4.69, 9.17) is 11.6 Å². The Morgan fingerprint density at radius 2 is 2.20 bits per heavy atom. The normalized spacial score (nSPS) is 23.4. The number of likely N-dealkylation sites (N-methyl/N-ethyl adjacent to an activating group) is 1. The van der Waals surface area contributed by atoms with Crippen LogP contribution in [0, 0.1) is 5.82 Å². The molecule has 1 aliphatic heterocycles. The smallest absolute Gasteiger partial charge is 0.154 e. The molecule has 1 saturated heterocycles. The number of halogens is 2. The summed E-state index contributed by atoms with van der Waals surface area (Å²) in [7, 11) is -1.34. The second-order valence-electron chi connectivity index (χ2n) is 5.24. The first kappa shape index (κ1) is 15.7. The largest absolute Gasteiger partial charge is 0.315 e. The minimum atomic E-state index is -3.08. The van der Waals surface area contributed by atoms with E-state index in [0.717, 1.165) is 12.8 Å². The molecule has 2 rings (SSSR count). The summed E-state index contributed by atoms with van der Waals surface area (Å²) in [6, 6.07) is 3.95. The van der Waals surface area contributed by atoms with Crippen LogP contribution in [-0.2, 0) is 16.3 Å². The second-order valence-corrected chi connectivity index (χ2v) is 7.98. The number of benzene rings is 1. The van der Waals surface area contributed by atoms with E-state index in [1.165, 1.54) is 18.2 Å². The van der Waals surface area contributed by atoms with Crippen LogP contribution in [0.1, 0.15) is 24.8 Å². The Morgan fingerprint density at radius 3 is 2.85 bits per heavy atom. The van der Waals surface area contributed by atoms with Gasteiger partial charge in [-0.25, -0.2) is 12.8 Å². The van der Waals surface area contributed by atoms with Gasteiger partial charge in [-0.05, 0) is 50.1 Å². The lowest BCUT2D eigenvalue weighted by atomic mass is 9.99. The van der Waals surface area contributed by atoms with Crippen molar-refractivity contribution in [1.82, 2.24) is 5.32 Å². The number of nitrogens with one attached hydrogen (secondary N) is 1. The van der Waals surface area contributed by atoms with Crippen LogP contribution in [0.5, 0.6) is 0 Å². The Hall–Kier alpha value is -0.650. The summed E-state index contributed by atoms with van der Waals surface area (Å²) < 4.78 is 37.7. The van der Waals surface area contributed by atoms with Crippen LogP contribution in [0.2, 0.25) is 5.02 Å². The van der Waals surface area contributed by atoms with E-state index in [1.54, 1.807) is 7.05 Å². The van der Waals surface area contributed by atoms with E-state index < -0.39 is 15.1 Å². The van der Waals surface area contributed by atoms with E-state index in [-0.39, 0.29) is 17.6 Å². The Balaban J connectivity index is 2.22. The quantitative estimate of drug-likeness (QED) is 0.928. The van der Waals surface area contributed by atoms with Crippen molar-refractivity contribution in [2.24, 2.45) is 0 Å². The molecule has 1 heterocycles. The molecule has 20 heavy (non-hydrogen) atoms. The summed E-state index contributed by atoms with van der Waals surface area (Å²) in [6.45, 7) is 0. The van der Waals surface area contributed by atoms with Crippen LogP contribution in [0.15, 0.2) is 18.2 Å². The van der Waals surface area contributed by atoms with Gasteiger partial charge in [-0.2, -0.15) is 0 Å². The van der Waals surface area contributed by atoms with Crippen molar-refractivity contribution in [2.75, 3.05) is 12.8 Å². The minimum absolute atomic E-state index is 0.236. The summed E-state index contributed by atoms with van der Waals surface area (Å²) in [5.41, 5.74) is 0.645. The molecule has 0 aromatic heterocycles. The van der Waals surface area contributed by atoms with Gasteiger partial charge in [0.05, 0.1) is 11.0 Å². The molecule has 0 amide bonds. The standard InChI is InChI=1S/C14H19ClFNO2S/c1-17-13(14-4-2-3-7-20(14,18)19)9-10-8-11(16)5-6-12(10)15/h5-6,8,13-14,17H,2-4,7,9H2,1H3. The highest BCUT2D eigenvalue weighted by molar-refractivity contribution is 7.92. The maximum atomic E-state index is 13.3. The number of sulfone groups is 1. The monoisotopic (exact) mass is 319 g/mol. The fourth-order valence-electron chi connectivity index (χ4n) is 2.79. The summed E-state index contributed by atoms with van der Waals surface area (Å²) in [4.78, 5) is 0. The van der Waals surface area contributed by atoms with Crippen molar-refractivity contribution >= 4 is 21.4 Å². The highest BCUT2D eigenvalue weighted by Crippen LogP contribution is 2.26. The van der Waals surface area contributed by atoms with Gasteiger partial charge in [-0.15, -0.1) is 0 Å². The predicted octanol–water partition coefficient (Wildman–Crippen LogP) is 2.58. The second kappa shape index (κ2) is 6.41. The maximum Gasteiger partial charge on any atom is 0.154 e. The van der Waals surface area contributed by atoms with Gasteiger partial charge in [0.25, 0.3) is 0 Å². The lowest BCUT2D eigenvalue weighted by Crippen LogP contribution is -2.46. The van der Waals surface area contributed by atoms with Crippen molar-refractivity contribution in [3.05, 3.63) is 34.6 Å². The molecule has 0 radical (unpaired) electrons. The van der Waals surface area contributed by atoms with Crippen molar-refractivity contribution < 1.29 is 12.8 Å². The minimum Gasteiger partial charge on any atom is -0.315 e. The first-order valence-corrected chi connectivity index (χ1v) is 8.86. The molecule has 6 heteroatoms. The van der Waals surface area contributed by atoms with Crippen LogP contribution in [0.4, 0.5) is 4.39 Å². The first-order valence-electron chi connectivity index (χ1n) is 6.77. The molecule has 1 aliphatic rings. The summed E-state index contributed by atoms with van der Waals surface area (Å²) >= 11 is 6.06. The molecule has 1 aromatic carbocycles. The summed E-state index contributed by atoms with van der Waals surface area (Å²) in [6.07, 6.45) is 2.71. The maximum absolute atomic E-state index is 13.3. The zero-order valence-electron chi connectivity index (χ0n) is 11.4. The average molecular weight is 320 g/mol. The van der Waals surface area contributed by atoms with E-state index in [9.17, 15) is 12.8 Å². The first-order chi connectivity index (χ1) is 9.44. The third-order valence-electron chi connectivity index (χ3n) is 3.90. The molecule has 0 bridgehead atoms. The fourth-order valence-corrected chi connectivity index (χ4v) is 5.15.